The number of nitrogens with one attached hydrogen (secondary N) is 1. The molecule has 2 aromatic heterocycles. The minimum absolute atomic E-state index is 0.531. The van der Waals surface area contributed by atoms with E-state index in [2.05, 4.69) is 44.5 Å². The maximum absolute atomic E-state index is 4.41. The smallest absolute Gasteiger partial charge is 0.0553 e. The molecular weight excluding hydrogens is 272 g/mol. The van der Waals surface area contributed by atoms with E-state index in [9.17, 15) is 0 Å². The average molecular weight is 296 g/mol. The first-order valence-corrected chi connectivity index (χ1v) is 8.03. The van der Waals surface area contributed by atoms with Crippen molar-refractivity contribution >= 4 is 5.69 Å². The van der Waals surface area contributed by atoms with E-state index in [1.54, 1.807) is 0 Å². The summed E-state index contributed by atoms with van der Waals surface area (Å²) >= 11 is 0. The molecule has 1 aliphatic heterocycles. The van der Waals surface area contributed by atoms with Gasteiger partial charge in [0.2, 0.25) is 0 Å². The van der Waals surface area contributed by atoms with Crippen LogP contribution in [0.3, 0.4) is 0 Å². The van der Waals surface area contributed by atoms with E-state index in [1.165, 1.54) is 24.1 Å². The van der Waals surface area contributed by atoms with Crippen molar-refractivity contribution < 1.29 is 0 Å². The van der Waals surface area contributed by atoms with Crippen LogP contribution >= 0.6 is 0 Å². The summed E-state index contributed by atoms with van der Waals surface area (Å²) in [5, 5.41) is 3.69. The second kappa shape index (κ2) is 6.88. The molecule has 0 aliphatic carbocycles. The molecule has 1 N–H and O–H groups in total. The molecule has 1 fully saturated rings. The fraction of sp³-hybridized carbons (Fsp3) is 0.444. The van der Waals surface area contributed by atoms with E-state index in [0.29, 0.717) is 6.04 Å². The van der Waals surface area contributed by atoms with Crippen LogP contribution in [0.15, 0.2) is 36.7 Å². The van der Waals surface area contributed by atoms with Gasteiger partial charge < -0.3 is 10.2 Å². The molecule has 0 saturated carbocycles. The number of nitrogens with zero attached hydrogens (tertiary/aromatic N) is 3. The van der Waals surface area contributed by atoms with Gasteiger partial charge in [0.05, 0.1) is 11.9 Å². The lowest BCUT2D eigenvalue weighted by atomic mass is 10.0. The molecule has 3 heterocycles. The monoisotopic (exact) mass is 296 g/mol. The molecular formula is C18H24N4. The summed E-state index contributed by atoms with van der Waals surface area (Å²) in [5.74, 6) is 0. The third-order valence-corrected chi connectivity index (χ3v) is 4.24. The topological polar surface area (TPSA) is 41.0 Å². The Morgan fingerprint density at radius 3 is 2.86 bits per heavy atom. The van der Waals surface area contributed by atoms with Gasteiger partial charge in [-0.2, -0.15) is 0 Å². The summed E-state index contributed by atoms with van der Waals surface area (Å²) in [6.45, 7) is 7.15. The number of piperidine rings is 1. The van der Waals surface area contributed by atoms with Gasteiger partial charge in [-0.3, -0.25) is 9.97 Å². The Morgan fingerprint density at radius 2 is 2.09 bits per heavy atom. The van der Waals surface area contributed by atoms with Crippen LogP contribution in [0.5, 0.6) is 0 Å². The highest BCUT2D eigenvalue weighted by Gasteiger charge is 2.19. The first-order chi connectivity index (χ1) is 10.7. The molecule has 0 bridgehead atoms. The lowest BCUT2D eigenvalue weighted by Gasteiger charge is -2.34. The van der Waals surface area contributed by atoms with Crippen molar-refractivity contribution in [2.45, 2.75) is 39.3 Å². The molecule has 116 valence electrons. The maximum Gasteiger partial charge on any atom is 0.0553 e. The van der Waals surface area contributed by atoms with Crippen LogP contribution in [0.2, 0.25) is 0 Å². The van der Waals surface area contributed by atoms with Gasteiger partial charge in [0.1, 0.15) is 0 Å². The van der Waals surface area contributed by atoms with Crippen LogP contribution in [-0.4, -0.2) is 29.1 Å². The number of rotatable bonds is 4. The maximum atomic E-state index is 4.41. The minimum Gasteiger partial charge on any atom is -0.369 e. The van der Waals surface area contributed by atoms with E-state index in [1.807, 2.05) is 26.2 Å². The molecule has 4 nitrogen and oxygen atoms in total. The summed E-state index contributed by atoms with van der Waals surface area (Å²) in [5.41, 5.74) is 4.69. The van der Waals surface area contributed by atoms with Gasteiger partial charge in [-0.05, 0) is 56.5 Å². The van der Waals surface area contributed by atoms with Crippen molar-refractivity contribution in [1.29, 1.82) is 0 Å². The average Bonchev–Trinajstić information content (AvgIpc) is 2.54. The van der Waals surface area contributed by atoms with Crippen LogP contribution in [0.1, 0.15) is 29.8 Å². The first kappa shape index (κ1) is 15.0. The van der Waals surface area contributed by atoms with Crippen molar-refractivity contribution in [2.75, 3.05) is 18.0 Å². The second-order valence-electron chi connectivity index (χ2n) is 6.13. The lowest BCUT2D eigenvalue weighted by Crippen LogP contribution is -2.45. The molecule has 1 saturated heterocycles. The van der Waals surface area contributed by atoms with Gasteiger partial charge in [0.15, 0.2) is 0 Å². The molecule has 1 atom stereocenters. The third kappa shape index (κ3) is 3.83. The fourth-order valence-electron chi connectivity index (χ4n) is 3.00. The summed E-state index contributed by atoms with van der Waals surface area (Å²) in [7, 11) is 0. The summed E-state index contributed by atoms with van der Waals surface area (Å²) in [4.78, 5) is 11.1. The van der Waals surface area contributed by atoms with E-state index in [-0.39, 0.29) is 0 Å². The van der Waals surface area contributed by atoms with Gasteiger partial charge >= 0.3 is 0 Å². The predicted octanol–water partition coefficient (Wildman–Crippen LogP) is 2.85. The molecule has 3 rings (SSSR count). The van der Waals surface area contributed by atoms with E-state index in [0.717, 1.165) is 31.0 Å². The Labute approximate surface area is 132 Å². The molecule has 2 aromatic rings. The fourth-order valence-corrected chi connectivity index (χ4v) is 3.00. The molecule has 0 amide bonds. The van der Waals surface area contributed by atoms with Crippen molar-refractivity contribution in [1.82, 2.24) is 15.3 Å². The van der Waals surface area contributed by atoms with Gasteiger partial charge in [-0.25, -0.2) is 0 Å². The van der Waals surface area contributed by atoms with Crippen molar-refractivity contribution in [3.63, 3.8) is 0 Å². The zero-order valence-electron chi connectivity index (χ0n) is 13.4. The van der Waals surface area contributed by atoms with Gasteiger partial charge in [0.25, 0.3) is 0 Å². The summed E-state index contributed by atoms with van der Waals surface area (Å²) in [6.07, 6.45) is 6.34. The molecule has 0 spiro atoms. The number of anilines is 1. The van der Waals surface area contributed by atoms with Crippen LogP contribution in [0.4, 0.5) is 5.69 Å². The Balaban J connectivity index is 1.57. The molecule has 1 unspecified atom stereocenters. The van der Waals surface area contributed by atoms with E-state index >= 15 is 0 Å². The predicted molar refractivity (Wildman–Crippen MR) is 90.0 cm³/mol. The first-order valence-electron chi connectivity index (χ1n) is 8.03. The second-order valence-corrected chi connectivity index (χ2v) is 6.13. The van der Waals surface area contributed by atoms with Crippen molar-refractivity contribution in [2.24, 2.45) is 0 Å². The SMILES string of the molecule is Cc1ccc(N2CCCC(NCc3ccnc(C)c3)C2)cn1. The van der Waals surface area contributed by atoms with Gasteiger partial charge in [0, 0.05) is 43.3 Å². The Morgan fingerprint density at radius 1 is 1.18 bits per heavy atom. The number of pyridine rings is 2. The Hall–Kier alpha value is -1.94. The number of hydrogen-bond acceptors (Lipinski definition) is 4. The van der Waals surface area contributed by atoms with Crippen molar-refractivity contribution in [3.8, 4) is 0 Å². The van der Waals surface area contributed by atoms with E-state index < -0.39 is 0 Å². The molecule has 0 aromatic carbocycles. The van der Waals surface area contributed by atoms with Crippen LogP contribution in [0.25, 0.3) is 0 Å². The minimum atomic E-state index is 0.531. The molecule has 22 heavy (non-hydrogen) atoms. The number of aromatic nitrogens is 2. The van der Waals surface area contributed by atoms with Gasteiger partial charge in [-0.15, -0.1) is 0 Å². The highest BCUT2D eigenvalue weighted by atomic mass is 15.2. The van der Waals surface area contributed by atoms with Crippen molar-refractivity contribution in [3.05, 3.63) is 53.6 Å². The third-order valence-electron chi connectivity index (χ3n) is 4.24. The largest absolute Gasteiger partial charge is 0.369 e. The Kier molecular flexibility index (Phi) is 4.68. The normalized spacial score (nSPS) is 18.5. The van der Waals surface area contributed by atoms with E-state index in [4.69, 9.17) is 0 Å². The number of aryl methyl sites for hydroxylation is 2. The quantitative estimate of drug-likeness (QED) is 0.942. The molecule has 1 aliphatic rings. The summed E-state index contributed by atoms with van der Waals surface area (Å²) < 4.78 is 0. The standard InChI is InChI=1S/C18H24N4/c1-14-5-6-18(12-20-14)22-9-3-4-17(13-22)21-11-16-7-8-19-15(2)10-16/h5-8,10,12,17,21H,3-4,9,11,13H2,1-2H3. The highest BCUT2D eigenvalue weighted by molar-refractivity contribution is 5.45. The molecule has 4 heteroatoms. The van der Waals surface area contributed by atoms with Crippen LogP contribution in [0, 0.1) is 13.8 Å². The zero-order valence-corrected chi connectivity index (χ0v) is 13.4. The van der Waals surface area contributed by atoms with Crippen LogP contribution < -0.4 is 10.2 Å². The lowest BCUT2D eigenvalue weighted by molar-refractivity contribution is 0.421. The highest BCUT2D eigenvalue weighted by Crippen LogP contribution is 2.19. The number of hydrogen-bond donors (Lipinski definition) is 1. The zero-order chi connectivity index (χ0) is 15.4. The van der Waals surface area contributed by atoms with Crippen LogP contribution in [-0.2, 0) is 6.54 Å². The van der Waals surface area contributed by atoms with Gasteiger partial charge in [-0.1, -0.05) is 0 Å². The summed E-state index contributed by atoms with van der Waals surface area (Å²) in [6, 6.07) is 9.04. The Bertz CT molecular complexity index is 609. The molecule has 0 radical (unpaired) electrons.